The molecular weight excluding hydrogens is 370 g/mol. The van der Waals surface area contributed by atoms with Crippen molar-refractivity contribution < 1.29 is 9.53 Å². The molecular formula is C19H16ClN3O2S. The molecule has 0 atom stereocenters. The number of nitrogens with zero attached hydrogens (tertiary/aromatic N) is 2. The molecule has 0 aliphatic heterocycles. The number of hydrogen-bond donors (Lipinski definition) is 1. The molecule has 1 N–H and O–H groups in total. The summed E-state index contributed by atoms with van der Waals surface area (Å²) in [5.74, 6) is 0.676. The first-order chi connectivity index (χ1) is 12.5. The maximum absolute atomic E-state index is 12.2. The fraction of sp³-hybridized carbons (Fsp3) is 0.105. The number of esters is 1. The largest absolute Gasteiger partial charge is 0.423 e. The Kier molecular flexibility index (Phi) is 5.75. The van der Waals surface area contributed by atoms with Crippen LogP contribution in [-0.2, 0) is 0 Å². The van der Waals surface area contributed by atoms with Gasteiger partial charge in [0.15, 0.2) is 5.16 Å². The SMILES string of the molecule is CSc1nc(C)cc(Nc2cccc(OC(=O)c3ccc(Cl)cc3)c2)n1. The second-order valence-electron chi connectivity index (χ2n) is 5.43. The van der Waals surface area contributed by atoms with Crippen molar-refractivity contribution in [3.05, 3.63) is 70.9 Å². The summed E-state index contributed by atoms with van der Waals surface area (Å²) in [4.78, 5) is 21.0. The van der Waals surface area contributed by atoms with Crippen LogP contribution in [0.2, 0.25) is 5.02 Å². The Morgan fingerprint density at radius 1 is 1.12 bits per heavy atom. The minimum absolute atomic E-state index is 0.434. The van der Waals surface area contributed by atoms with Gasteiger partial charge in [-0.2, -0.15) is 0 Å². The van der Waals surface area contributed by atoms with Gasteiger partial charge in [-0.05, 0) is 49.6 Å². The summed E-state index contributed by atoms with van der Waals surface area (Å²) in [6.45, 7) is 1.91. The quantitative estimate of drug-likeness (QED) is 0.284. The molecule has 26 heavy (non-hydrogen) atoms. The number of thioether (sulfide) groups is 1. The van der Waals surface area contributed by atoms with Crippen LogP contribution in [0.4, 0.5) is 11.5 Å². The van der Waals surface area contributed by atoms with Crippen LogP contribution in [0.3, 0.4) is 0 Å². The van der Waals surface area contributed by atoms with Gasteiger partial charge >= 0.3 is 5.97 Å². The minimum atomic E-state index is -0.443. The molecule has 3 rings (SSSR count). The zero-order valence-corrected chi connectivity index (χ0v) is 15.8. The van der Waals surface area contributed by atoms with Crippen LogP contribution in [0.25, 0.3) is 0 Å². The van der Waals surface area contributed by atoms with Crippen LogP contribution < -0.4 is 10.1 Å². The van der Waals surface area contributed by atoms with Gasteiger partial charge in [0.05, 0.1) is 5.56 Å². The maximum atomic E-state index is 12.2. The van der Waals surface area contributed by atoms with Crippen LogP contribution >= 0.6 is 23.4 Å². The van der Waals surface area contributed by atoms with Crippen molar-refractivity contribution in [2.24, 2.45) is 0 Å². The van der Waals surface area contributed by atoms with Crippen LogP contribution in [0.1, 0.15) is 16.1 Å². The lowest BCUT2D eigenvalue weighted by molar-refractivity contribution is 0.0735. The lowest BCUT2D eigenvalue weighted by atomic mass is 10.2. The summed E-state index contributed by atoms with van der Waals surface area (Å²) >= 11 is 7.31. The van der Waals surface area contributed by atoms with E-state index in [0.717, 1.165) is 11.4 Å². The zero-order valence-electron chi connectivity index (χ0n) is 14.2. The van der Waals surface area contributed by atoms with E-state index in [1.165, 1.54) is 11.8 Å². The molecule has 5 nitrogen and oxygen atoms in total. The number of anilines is 2. The Balaban J connectivity index is 1.75. The van der Waals surface area contributed by atoms with Crippen molar-refractivity contribution in [3.63, 3.8) is 0 Å². The Labute approximate surface area is 160 Å². The third kappa shape index (κ3) is 4.74. The first-order valence-electron chi connectivity index (χ1n) is 7.78. The molecule has 0 bridgehead atoms. The molecule has 132 valence electrons. The summed E-state index contributed by atoms with van der Waals surface area (Å²) < 4.78 is 5.43. The van der Waals surface area contributed by atoms with E-state index in [4.69, 9.17) is 16.3 Å². The highest BCUT2D eigenvalue weighted by Gasteiger charge is 2.09. The molecule has 0 saturated carbocycles. The maximum Gasteiger partial charge on any atom is 0.343 e. The molecule has 0 spiro atoms. The van der Waals surface area contributed by atoms with Gasteiger partial charge in [0.25, 0.3) is 0 Å². The summed E-state index contributed by atoms with van der Waals surface area (Å²) in [6, 6.07) is 15.5. The van der Waals surface area contributed by atoms with Gasteiger partial charge in [-0.25, -0.2) is 14.8 Å². The lowest BCUT2D eigenvalue weighted by Crippen LogP contribution is -2.08. The highest BCUT2D eigenvalue weighted by Crippen LogP contribution is 2.23. The second-order valence-corrected chi connectivity index (χ2v) is 6.64. The van der Waals surface area contributed by atoms with Crippen molar-refractivity contribution in [2.45, 2.75) is 12.1 Å². The average Bonchev–Trinajstić information content (AvgIpc) is 2.62. The van der Waals surface area contributed by atoms with E-state index in [-0.39, 0.29) is 0 Å². The first-order valence-corrected chi connectivity index (χ1v) is 9.38. The number of aryl methyl sites for hydroxylation is 1. The van der Waals surface area contributed by atoms with Gasteiger partial charge in [-0.3, -0.25) is 0 Å². The third-order valence-corrected chi connectivity index (χ3v) is 4.21. The molecule has 0 radical (unpaired) electrons. The van der Waals surface area contributed by atoms with Crippen LogP contribution in [0.15, 0.2) is 59.8 Å². The summed E-state index contributed by atoms with van der Waals surface area (Å²) in [7, 11) is 0. The normalized spacial score (nSPS) is 10.4. The highest BCUT2D eigenvalue weighted by atomic mass is 35.5. The molecule has 0 aliphatic rings. The summed E-state index contributed by atoms with van der Waals surface area (Å²) in [5, 5.41) is 4.47. The number of carbonyl (C=O) groups excluding carboxylic acids is 1. The van der Waals surface area contributed by atoms with Gasteiger partial charge < -0.3 is 10.1 Å². The lowest BCUT2D eigenvalue weighted by Gasteiger charge is -2.10. The van der Waals surface area contributed by atoms with Crippen molar-refractivity contribution in [1.82, 2.24) is 9.97 Å². The number of carbonyl (C=O) groups is 1. The topological polar surface area (TPSA) is 64.1 Å². The molecule has 1 aromatic heterocycles. The van der Waals surface area contributed by atoms with Crippen LogP contribution in [-0.4, -0.2) is 22.2 Å². The molecule has 0 saturated heterocycles. The van der Waals surface area contributed by atoms with Crippen LogP contribution in [0, 0.1) is 6.92 Å². The van der Waals surface area contributed by atoms with Crippen molar-refractivity contribution in [2.75, 3.05) is 11.6 Å². The molecule has 0 fully saturated rings. The molecule has 0 aliphatic carbocycles. The number of nitrogens with one attached hydrogen (secondary N) is 1. The van der Waals surface area contributed by atoms with E-state index in [1.54, 1.807) is 42.5 Å². The Morgan fingerprint density at radius 2 is 1.88 bits per heavy atom. The monoisotopic (exact) mass is 385 g/mol. The summed E-state index contributed by atoms with van der Waals surface area (Å²) in [6.07, 6.45) is 1.93. The number of aromatic nitrogens is 2. The number of ether oxygens (including phenoxy) is 1. The molecule has 0 unspecified atom stereocenters. The predicted molar refractivity (Wildman–Crippen MR) is 105 cm³/mol. The number of rotatable bonds is 5. The van der Waals surface area contributed by atoms with E-state index in [2.05, 4.69) is 15.3 Å². The predicted octanol–water partition coefficient (Wildman–Crippen LogP) is 5.12. The van der Waals surface area contributed by atoms with E-state index in [1.807, 2.05) is 25.3 Å². The highest BCUT2D eigenvalue weighted by molar-refractivity contribution is 7.98. The van der Waals surface area contributed by atoms with Crippen LogP contribution in [0.5, 0.6) is 5.75 Å². The van der Waals surface area contributed by atoms with E-state index >= 15 is 0 Å². The molecule has 0 amide bonds. The number of hydrogen-bond acceptors (Lipinski definition) is 6. The zero-order chi connectivity index (χ0) is 18.5. The van der Waals surface area contributed by atoms with E-state index in [0.29, 0.717) is 27.3 Å². The standard InChI is InChI=1S/C19H16ClN3O2S/c1-12-10-17(23-19(21-12)26-2)22-15-4-3-5-16(11-15)25-18(24)13-6-8-14(20)9-7-13/h3-11H,1-2H3,(H,21,22,23). The fourth-order valence-electron chi connectivity index (χ4n) is 2.23. The van der Waals surface area contributed by atoms with Gasteiger partial charge in [-0.15, -0.1) is 0 Å². The van der Waals surface area contributed by atoms with Crippen molar-refractivity contribution in [1.29, 1.82) is 0 Å². The number of halogens is 1. The second kappa shape index (κ2) is 8.21. The number of benzene rings is 2. The van der Waals surface area contributed by atoms with Crippen molar-refractivity contribution >= 4 is 40.8 Å². The molecule has 7 heteroatoms. The minimum Gasteiger partial charge on any atom is -0.423 e. The summed E-state index contributed by atoms with van der Waals surface area (Å²) in [5.41, 5.74) is 2.07. The Hall–Kier alpha value is -2.57. The molecule has 1 heterocycles. The average molecular weight is 386 g/mol. The molecule has 2 aromatic carbocycles. The Bertz CT molecular complexity index is 932. The third-order valence-electron chi connectivity index (χ3n) is 3.41. The van der Waals surface area contributed by atoms with E-state index < -0.39 is 5.97 Å². The smallest absolute Gasteiger partial charge is 0.343 e. The van der Waals surface area contributed by atoms with Gasteiger partial charge in [0, 0.05) is 28.5 Å². The van der Waals surface area contributed by atoms with E-state index in [9.17, 15) is 4.79 Å². The van der Waals surface area contributed by atoms with Gasteiger partial charge in [-0.1, -0.05) is 29.4 Å². The molecule has 3 aromatic rings. The fourth-order valence-corrected chi connectivity index (χ4v) is 2.78. The Morgan fingerprint density at radius 3 is 2.62 bits per heavy atom. The van der Waals surface area contributed by atoms with Crippen molar-refractivity contribution in [3.8, 4) is 5.75 Å². The van der Waals surface area contributed by atoms with Gasteiger partial charge in [0.1, 0.15) is 11.6 Å². The van der Waals surface area contributed by atoms with Gasteiger partial charge in [0.2, 0.25) is 0 Å². The first kappa shape index (κ1) is 18.2.